The molecule has 340 valence electrons. The first kappa shape index (κ1) is 48.8. The highest BCUT2D eigenvalue weighted by molar-refractivity contribution is 8.00. The summed E-state index contributed by atoms with van der Waals surface area (Å²) in [5, 5.41) is 53.3. The van der Waals surface area contributed by atoms with Crippen molar-refractivity contribution in [2.24, 2.45) is 23.3 Å². The number of likely N-dealkylation sites (tertiary alicyclic amines) is 1. The number of carboxylic acids is 1. The van der Waals surface area contributed by atoms with Gasteiger partial charge in [0, 0.05) is 36.2 Å². The third-order valence-electron chi connectivity index (χ3n) is 10.8. The summed E-state index contributed by atoms with van der Waals surface area (Å²) in [6.45, 7) is 2.33. The number of hydrogen-bond acceptors (Lipinski definition) is 14. The molecule has 0 radical (unpaired) electrons. The van der Waals surface area contributed by atoms with Crippen molar-refractivity contribution in [3.8, 4) is 0 Å². The summed E-state index contributed by atoms with van der Waals surface area (Å²) in [7, 11) is 0. The van der Waals surface area contributed by atoms with Crippen molar-refractivity contribution < 1.29 is 63.6 Å². The third-order valence-corrected chi connectivity index (χ3v) is 11.9. The van der Waals surface area contributed by atoms with Gasteiger partial charge in [-0.25, -0.2) is 4.79 Å². The van der Waals surface area contributed by atoms with Gasteiger partial charge in [-0.2, -0.15) is 0 Å². The molecule has 1 aromatic carbocycles. The van der Waals surface area contributed by atoms with Crippen LogP contribution in [0.15, 0.2) is 29.3 Å². The van der Waals surface area contributed by atoms with E-state index in [0.29, 0.717) is 34.6 Å². The molecular weight excluding hydrogens is 837 g/mol. The van der Waals surface area contributed by atoms with Gasteiger partial charge in [-0.05, 0) is 17.5 Å². The van der Waals surface area contributed by atoms with E-state index in [1.165, 1.54) is 6.92 Å². The molecule has 8 amide bonds. The number of thioether (sulfide) groups is 1. The number of hydrogen-bond donors (Lipinski definition) is 13. The fourth-order valence-electron chi connectivity index (χ4n) is 6.90. The number of rotatable bonds is 13. The first-order valence-electron chi connectivity index (χ1n) is 19.8. The predicted octanol–water partition coefficient (Wildman–Crippen LogP) is -4.77. The number of amides is 8. The van der Waals surface area contributed by atoms with Crippen molar-refractivity contribution in [1.82, 2.24) is 41.8 Å². The fourth-order valence-corrected chi connectivity index (χ4v) is 8.01. The lowest BCUT2D eigenvalue weighted by atomic mass is 9.95. The van der Waals surface area contributed by atoms with Crippen LogP contribution in [0.4, 0.5) is 0 Å². The molecule has 0 bridgehead atoms. The summed E-state index contributed by atoms with van der Waals surface area (Å²) in [6.07, 6.45) is -3.69. The lowest BCUT2D eigenvalue weighted by molar-refractivity contribution is -0.149. The Labute approximate surface area is 359 Å². The zero-order valence-corrected chi connectivity index (χ0v) is 35.0. The lowest BCUT2D eigenvalue weighted by Crippen LogP contribution is -2.57. The van der Waals surface area contributed by atoms with Gasteiger partial charge in [0.1, 0.15) is 24.2 Å². The number of primary amides is 1. The summed E-state index contributed by atoms with van der Waals surface area (Å²) < 4.78 is 0. The highest BCUT2D eigenvalue weighted by Gasteiger charge is 2.43. The van der Waals surface area contributed by atoms with Gasteiger partial charge >= 0.3 is 5.97 Å². The first-order chi connectivity index (χ1) is 29.2. The molecule has 1 aromatic heterocycles. The average molecular weight is 891 g/mol. The number of fused-ring (bicyclic) bond motifs is 3. The number of aliphatic carboxylic acids is 1. The number of carbonyl (C=O) groups is 9. The van der Waals surface area contributed by atoms with Gasteiger partial charge in [-0.15, -0.1) is 0 Å². The van der Waals surface area contributed by atoms with Crippen LogP contribution in [0.5, 0.6) is 0 Å². The molecule has 0 saturated carbocycles. The standard InChI is InChI=1S/C38H54N10O13S/c1-4-16(2)30-33(57)42-13-28(54)47-36(34(58)44-23(11-26(39)52)37(59)48-14-18(50)9-24(48)38(60)61)62-35-20(19-7-5-6-8-21(19)45-35)10-22(31(55)41-12-27(53)46-30)43-32(56)29(40)17(3)25(51)15-49/h5-8,16-18,22-25,29-30,36,45,49-51H,4,9-15,40H2,1-3H3,(H2,39,52)(H,41,55)(H,42,57)(H,43,56)(H,44,58)(H,46,53)(H,47,54)(H,60,61)/t16-,17-,18+,22-,23-,24-,25-,29-,30-,36-/m0/s1. The van der Waals surface area contributed by atoms with Crippen molar-refractivity contribution >= 4 is 75.9 Å². The van der Waals surface area contributed by atoms with Crippen molar-refractivity contribution in [1.29, 1.82) is 0 Å². The minimum Gasteiger partial charge on any atom is -0.480 e. The molecule has 0 aliphatic carbocycles. The fraction of sp³-hybridized carbons (Fsp3) is 0.553. The van der Waals surface area contributed by atoms with Gasteiger partial charge in [0.2, 0.25) is 41.4 Å². The minimum atomic E-state index is -1.77. The Morgan fingerprint density at radius 1 is 1.00 bits per heavy atom. The van der Waals surface area contributed by atoms with Crippen LogP contribution in [0, 0.1) is 11.8 Å². The zero-order valence-electron chi connectivity index (χ0n) is 34.2. The number of nitrogens with zero attached hydrogens (tertiary/aromatic N) is 1. The molecule has 1 fully saturated rings. The highest BCUT2D eigenvalue weighted by Crippen LogP contribution is 2.33. The molecule has 1 saturated heterocycles. The summed E-state index contributed by atoms with van der Waals surface area (Å²) >= 11 is 0.670. The van der Waals surface area contributed by atoms with Crippen molar-refractivity contribution in [3.63, 3.8) is 0 Å². The number of para-hydroxylation sites is 1. The molecule has 0 unspecified atom stereocenters. The Morgan fingerprint density at radius 3 is 2.27 bits per heavy atom. The second kappa shape index (κ2) is 21.8. The molecule has 15 N–H and O–H groups in total. The second-order valence-electron chi connectivity index (χ2n) is 15.3. The second-order valence-corrected chi connectivity index (χ2v) is 16.4. The first-order valence-corrected chi connectivity index (χ1v) is 20.7. The van der Waals surface area contributed by atoms with E-state index >= 15 is 0 Å². The zero-order chi connectivity index (χ0) is 46.0. The molecule has 2 aliphatic heterocycles. The molecule has 2 aromatic rings. The molecule has 2 aliphatic rings. The van der Waals surface area contributed by atoms with Crippen molar-refractivity contribution in [2.45, 2.75) is 99.3 Å². The summed E-state index contributed by atoms with van der Waals surface area (Å²) in [4.78, 5) is 124. The molecule has 23 nitrogen and oxygen atoms in total. The number of nitrogens with two attached hydrogens (primary N) is 2. The normalized spacial score (nSPS) is 24.1. The van der Waals surface area contributed by atoms with E-state index in [-0.39, 0.29) is 17.9 Å². The largest absolute Gasteiger partial charge is 0.480 e. The van der Waals surface area contributed by atoms with E-state index in [9.17, 15) is 63.6 Å². The van der Waals surface area contributed by atoms with E-state index in [1.54, 1.807) is 38.1 Å². The van der Waals surface area contributed by atoms with Gasteiger partial charge in [0.25, 0.3) is 5.91 Å². The van der Waals surface area contributed by atoms with Crippen LogP contribution >= 0.6 is 11.8 Å². The molecule has 10 atom stereocenters. The predicted molar refractivity (Wildman–Crippen MR) is 219 cm³/mol. The third kappa shape index (κ3) is 12.4. The molecule has 3 heterocycles. The highest BCUT2D eigenvalue weighted by atomic mass is 32.2. The van der Waals surface area contributed by atoms with E-state index in [0.717, 1.165) is 4.90 Å². The van der Waals surface area contributed by atoms with Gasteiger partial charge in [0.15, 0.2) is 5.37 Å². The van der Waals surface area contributed by atoms with E-state index in [4.69, 9.17) is 11.5 Å². The molecule has 4 rings (SSSR count). The van der Waals surface area contributed by atoms with Crippen LogP contribution in [0.25, 0.3) is 10.9 Å². The maximum atomic E-state index is 14.2. The number of benzene rings is 1. The number of aliphatic hydroxyl groups excluding tert-OH is 3. The van der Waals surface area contributed by atoms with Crippen LogP contribution in [-0.2, 0) is 49.6 Å². The van der Waals surface area contributed by atoms with Crippen LogP contribution in [0.3, 0.4) is 0 Å². The Morgan fingerprint density at radius 2 is 1.65 bits per heavy atom. The topological polar surface area (TPSA) is 378 Å². The van der Waals surface area contributed by atoms with Crippen LogP contribution in [0.1, 0.15) is 45.6 Å². The molecule has 62 heavy (non-hydrogen) atoms. The number of aromatic nitrogens is 1. The SMILES string of the molecule is CC[C@H](C)[C@@H]1NC(=O)CNC(=O)[C@@H](NC(=O)[C@@H](N)[C@@H](C)[C@@H](O)CO)Cc2c([nH]c3ccccc23)S[C@@H](C(=O)N[C@@H](CC(N)=O)C(=O)N2C[C@H](O)C[C@H]2C(=O)O)NC(=O)CNC1=O. The van der Waals surface area contributed by atoms with Crippen molar-refractivity contribution in [2.75, 3.05) is 26.2 Å². The maximum absolute atomic E-state index is 14.2. The number of aromatic amines is 1. The number of H-pyrrole nitrogens is 1. The Balaban J connectivity index is 1.80. The van der Waals surface area contributed by atoms with Gasteiger partial charge in [0.05, 0.1) is 49.4 Å². The van der Waals surface area contributed by atoms with Crippen molar-refractivity contribution in [3.05, 3.63) is 29.8 Å². The smallest absolute Gasteiger partial charge is 0.326 e. The minimum absolute atomic E-state index is 0.140. The number of aliphatic hydroxyl groups is 3. The number of nitrogens with one attached hydrogen (secondary N) is 7. The van der Waals surface area contributed by atoms with E-state index < -0.39 is 146 Å². The van der Waals surface area contributed by atoms with Crippen LogP contribution in [0.2, 0.25) is 0 Å². The lowest BCUT2D eigenvalue weighted by Gasteiger charge is -2.28. The van der Waals surface area contributed by atoms with E-state index in [1.807, 2.05) is 0 Å². The number of carboxylic acid groups (broad SMARTS) is 1. The summed E-state index contributed by atoms with van der Waals surface area (Å²) in [5.41, 5.74) is 12.3. The van der Waals surface area contributed by atoms with Gasteiger partial charge in [-0.3, -0.25) is 38.4 Å². The average Bonchev–Trinajstić information content (AvgIpc) is 3.80. The summed E-state index contributed by atoms with van der Waals surface area (Å²) in [5.74, 6) is -10.4. The van der Waals surface area contributed by atoms with Gasteiger partial charge in [-0.1, -0.05) is 57.2 Å². The molecule has 24 heteroatoms. The maximum Gasteiger partial charge on any atom is 0.326 e. The quantitative estimate of drug-likeness (QED) is 0.0898. The summed E-state index contributed by atoms with van der Waals surface area (Å²) in [6, 6.07) is -0.733. The van der Waals surface area contributed by atoms with Crippen LogP contribution < -0.4 is 43.4 Å². The monoisotopic (exact) mass is 890 g/mol. The molecular formula is C38H54N10O13S. The van der Waals surface area contributed by atoms with Gasteiger partial charge < -0.3 is 73.7 Å². The Bertz CT molecular complexity index is 2030. The Kier molecular flexibility index (Phi) is 17.2. The molecule has 0 spiro atoms. The Hall–Kier alpha value is -5.82. The number of β-amino-alcohol motifs (C(OH)–C–C–N with tert-alkyl or cyclic N) is 1. The van der Waals surface area contributed by atoms with E-state index in [2.05, 4.69) is 36.9 Å². The van der Waals surface area contributed by atoms with Crippen LogP contribution in [-0.4, -0.2) is 158 Å². The number of carbonyl (C=O) groups excluding carboxylic acids is 8.